The average Bonchev–Trinajstić information content (AvgIpc) is 3.43. The van der Waals surface area contributed by atoms with Crippen LogP contribution in [0.3, 0.4) is 0 Å². The monoisotopic (exact) mass is 397 g/mol. The molecule has 4 aromatic rings. The maximum absolute atomic E-state index is 9.33. The van der Waals surface area contributed by atoms with Crippen LogP contribution in [0.1, 0.15) is 19.3 Å². The van der Waals surface area contributed by atoms with Gasteiger partial charge in [-0.15, -0.1) is 0 Å². The number of pyridine rings is 1. The van der Waals surface area contributed by atoms with Gasteiger partial charge in [-0.3, -0.25) is 9.36 Å². The van der Waals surface area contributed by atoms with Gasteiger partial charge in [0.1, 0.15) is 0 Å². The third-order valence-electron chi connectivity index (χ3n) is 5.91. The van der Waals surface area contributed by atoms with Crippen molar-refractivity contribution in [3.8, 4) is 34.4 Å². The normalized spacial score (nSPS) is 20.6. The van der Waals surface area contributed by atoms with Crippen LogP contribution < -0.4 is 5.73 Å². The van der Waals surface area contributed by atoms with Crippen molar-refractivity contribution in [3.63, 3.8) is 0 Å². The topological polar surface area (TPSA) is 127 Å². The van der Waals surface area contributed by atoms with Crippen LogP contribution in [0.5, 0.6) is 0 Å². The van der Waals surface area contributed by atoms with Crippen molar-refractivity contribution in [2.24, 2.45) is 13.0 Å². The molecule has 1 aliphatic carbocycles. The molecule has 0 saturated heterocycles. The van der Waals surface area contributed by atoms with Crippen molar-refractivity contribution in [3.05, 3.63) is 43.1 Å². The largest absolute Gasteiger partial charge is 0.382 e. The van der Waals surface area contributed by atoms with Crippen molar-refractivity contribution < 1.29 is 0 Å². The molecular formula is C21H19N9. The summed E-state index contributed by atoms with van der Waals surface area (Å²) in [5.74, 6) is 0.335. The number of nitrogens with zero attached hydrogens (tertiary/aromatic N) is 8. The van der Waals surface area contributed by atoms with Crippen LogP contribution in [0, 0.1) is 28.6 Å². The van der Waals surface area contributed by atoms with E-state index in [-0.39, 0.29) is 5.92 Å². The minimum atomic E-state index is -0.473. The first-order chi connectivity index (χ1) is 14.5. The Morgan fingerprint density at radius 2 is 2.00 bits per heavy atom. The SMILES string of the molecule is Cn1cc(-c2cc(-c3cn([C@]4(CC#N)C[C@@H](C#N)C4)nc3N)c3ccnn3c2)cn1. The summed E-state index contributed by atoms with van der Waals surface area (Å²) in [4.78, 5) is 0. The molecule has 0 aromatic carbocycles. The molecule has 9 nitrogen and oxygen atoms in total. The highest BCUT2D eigenvalue weighted by molar-refractivity contribution is 5.88. The molecule has 0 unspecified atom stereocenters. The van der Waals surface area contributed by atoms with E-state index >= 15 is 0 Å². The zero-order valence-electron chi connectivity index (χ0n) is 16.4. The minimum Gasteiger partial charge on any atom is -0.382 e. The summed E-state index contributed by atoms with van der Waals surface area (Å²) < 4.78 is 5.36. The Labute approximate surface area is 172 Å². The molecule has 30 heavy (non-hydrogen) atoms. The van der Waals surface area contributed by atoms with E-state index in [1.807, 2.05) is 36.2 Å². The van der Waals surface area contributed by atoms with Crippen LogP contribution in [0.25, 0.3) is 27.8 Å². The lowest BCUT2D eigenvalue weighted by Crippen LogP contribution is -2.46. The highest BCUT2D eigenvalue weighted by atomic mass is 15.3. The molecule has 1 aliphatic rings. The van der Waals surface area contributed by atoms with Gasteiger partial charge in [-0.2, -0.15) is 25.8 Å². The van der Waals surface area contributed by atoms with E-state index in [0.717, 1.165) is 27.8 Å². The molecule has 9 heteroatoms. The lowest BCUT2D eigenvalue weighted by molar-refractivity contribution is 0.0885. The number of nitrogen functional groups attached to an aromatic ring is 1. The summed E-state index contributed by atoms with van der Waals surface area (Å²) in [6.07, 6.45) is 10.9. The average molecular weight is 397 g/mol. The number of nitriles is 2. The van der Waals surface area contributed by atoms with Gasteiger partial charge in [-0.05, 0) is 25.0 Å². The molecule has 2 N–H and O–H groups in total. The molecule has 0 aliphatic heterocycles. The quantitative estimate of drug-likeness (QED) is 0.564. The highest BCUT2D eigenvalue weighted by Gasteiger charge is 2.47. The van der Waals surface area contributed by atoms with Gasteiger partial charge in [-0.1, -0.05) is 0 Å². The first-order valence-electron chi connectivity index (χ1n) is 9.62. The fourth-order valence-corrected chi connectivity index (χ4v) is 4.32. The van der Waals surface area contributed by atoms with Crippen molar-refractivity contribution >= 4 is 11.3 Å². The Balaban J connectivity index is 1.64. The summed E-state index contributed by atoms with van der Waals surface area (Å²) >= 11 is 0. The third kappa shape index (κ3) is 2.64. The van der Waals surface area contributed by atoms with Crippen molar-refractivity contribution in [2.75, 3.05) is 5.73 Å². The van der Waals surface area contributed by atoms with Crippen LogP contribution >= 0.6 is 0 Å². The zero-order valence-corrected chi connectivity index (χ0v) is 16.4. The maximum atomic E-state index is 9.33. The van der Waals surface area contributed by atoms with Crippen LogP contribution in [-0.2, 0) is 12.6 Å². The molecule has 0 radical (unpaired) electrons. The number of anilines is 1. The molecule has 1 saturated carbocycles. The highest BCUT2D eigenvalue weighted by Crippen LogP contribution is 2.47. The van der Waals surface area contributed by atoms with E-state index < -0.39 is 5.54 Å². The number of fused-ring (bicyclic) bond motifs is 1. The smallest absolute Gasteiger partial charge is 0.153 e. The second-order valence-corrected chi connectivity index (χ2v) is 7.87. The fraction of sp³-hybridized carbons (Fsp3) is 0.286. The van der Waals surface area contributed by atoms with Crippen LogP contribution in [-0.4, -0.2) is 29.2 Å². The first kappa shape index (κ1) is 18.0. The molecule has 1 fully saturated rings. The number of hydrogen-bond donors (Lipinski definition) is 1. The van der Waals surface area contributed by atoms with Gasteiger partial charge in [0, 0.05) is 54.1 Å². The van der Waals surface area contributed by atoms with E-state index in [2.05, 4.69) is 33.5 Å². The van der Waals surface area contributed by atoms with Crippen molar-refractivity contribution in [2.45, 2.75) is 24.8 Å². The van der Waals surface area contributed by atoms with Crippen LogP contribution in [0.4, 0.5) is 5.82 Å². The van der Waals surface area contributed by atoms with Gasteiger partial charge >= 0.3 is 0 Å². The summed E-state index contributed by atoms with van der Waals surface area (Å²) in [5.41, 5.74) is 10.4. The van der Waals surface area contributed by atoms with Gasteiger partial charge in [0.25, 0.3) is 0 Å². The summed E-state index contributed by atoms with van der Waals surface area (Å²) in [7, 11) is 1.88. The van der Waals surface area contributed by atoms with Crippen LogP contribution in [0.15, 0.2) is 43.1 Å². The lowest BCUT2D eigenvalue weighted by atomic mass is 9.67. The summed E-state index contributed by atoms with van der Waals surface area (Å²) in [6.45, 7) is 0. The zero-order chi connectivity index (χ0) is 20.9. The third-order valence-corrected chi connectivity index (χ3v) is 5.91. The predicted molar refractivity (Wildman–Crippen MR) is 110 cm³/mol. The number of rotatable bonds is 4. The minimum absolute atomic E-state index is 0.0531. The molecule has 0 spiro atoms. The number of aryl methyl sites for hydroxylation is 1. The number of nitrogens with two attached hydrogens (primary N) is 1. The Morgan fingerprint density at radius 3 is 2.70 bits per heavy atom. The van der Waals surface area contributed by atoms with Gasteiger partial charge in [0.05, 0.1) is 41.7 Å². The standard InChI is InChI=1S/C21H19N9/c1-28-11-16(10-26-28)15-6-17(19-2-5-25-29(19)12-15)18-13-30(27-20(18)24)21(3-4-22)7-14(8-21)9-23/h2,5-6,10-14H,3,7-8H2,1H3,(H2,24,27)/t14-,21-. The molecule has 0 amide bonds. The van der Waals surface area contributed by atoms with E-state index in [9.17, 15) is 10.5 Å². The van der Waals surface area contributed by atoms with E-state index in [1.165, 1.54) is 0 Å². The predicted octanol–water partition coefficient (Wildman–Crippen LogP) is 2.72. The Kier molecular flexibility index (Phi) is 3.87. The summed E-state index contributed by atoms with van der Waals surface area (Å²) in [5, 5.41) is 31.8. The molecule has 4 heterocycles. The Morgan fingerprint density at radius 1 is 1.17 bits per heavy atom. The van der Waals surface area contributed by atoms with Gasteiger partial charge in [-0.25, -0.2) is 4.52 Å². The van der Waals surface area contributed by atoms with E-state index in [4.69, 9.17) is 5.73 Å². The molecule has 4 aromatic heterocycles. The molecule has 0 bridgehead atoms. The Hall–Kier alpha value is -4.11. The van der Waals surface area contributed by atoms with Crippen molar-refractivity contribution in [1.82, 2.24) is 29.2 Å². The maximum Gasteiger partial charge on any atom is 0.153 e. The van der Waals surface area contributed by atoms with E-state index in [0.29, 0.717) is 25.1 Å². The second-order valence-electron chi connectivity index (χ2n) is 7.87. The van der Waals surface area contributed by atoms with Gasteiger partial charge < -0.3 is 5.73 Å². The van der Waals surface area contributed by atoms with Crippen molar-refractivity contribution in [1.29, 1.82) is 10.5 Å². The molecular weight excluding hydrogens is 378 g/mol. The fourth-order valence-electron chi connectivity index (χ4n) is 4.32. The first-order valence-corrected chi connectivity index (χ1v) is 9.62. The number of hydrogen-bond acceptors (Lipinski definition) is 6. The van der Waals surface area contributed by atoms with E-state index in [1.54, 1.807) is 21.8 Å². The van der Waals surface area contributed by atoms with Gasteiger partial charge in [0.15, 0.2) is 5.82 Å². The lowest BCUT2D eigenvalue weighted by Gasteiger charge is -2.43. The molecule has 148 valence electrons. The van der Waals surface area contributed by atoms with Gasteiger partial charge in [0.2, 0.25) is 0 Å². The summed E-state index contributed by atoms with van der Waals surface area (Å²) in [6, 6.07) is 8.52. The molecule has 0 atom stereocenters. The second kappa shape index (κ2) is 6.46. The molecule has 5 rings (SSSR count). The Bertz CT molecular complexity index is 1330. The number of aromatic nitrogens is 6. The van der Waals surface area contributed by atoms with Crippen LogP contribution in [0.2, 0.25) is 0 Å².